The third kappa shape index (κ3) is 6.33. The molecule has 0 N–H and O–H groups in total. The lowest BCUT2D eigenvalue weighted by Crippen LogP contribution is -2.07. The zero-order valence-corrected chi connectivity index (χ0v) is 18.3. The summed E-state index contributed by atoms with van der Waals surface area (Å²) >= 11 is 0. The number of carbonyl (C=O) groups is 1. The van der Waals surface area contributed by atoms with E-state index in [4.69, 9.17) is 4.74 Å². The van der Waals surface area contributed by atoms with Gasteiger partial charge in [-0.3, -0.25) is 4.79 Å². The molecule has 0 saturated heterocycles. The fraction of sp³-hybridized carbons (Fsp3) is 0.208. The molecule has 0 aromatic heterocycles. The predicted octanol–water partition coefficient (Wildman–Crippen LogP) is 4.70. The Morgan fingerprint density at radius 1 is 0.935 bits per heavy atom. The minimum atomic E-state index is -3.49. The fourth-order valence-electron chi connectivity index (χ4n) is 3.07. The minimum Gasteiger partial charge on any atom is -0.497 e. The van der Waals surface area contributed by atoms with Gasteiger partial charge in [-0.25, -0.2) is 8.42 Å². The average molecular weight is 437 g/mol. The van der Waals surface area contributed by atoms with Crippen LogP contribution in [0.15, 0.2) is 87.9 Å². The van der Waals surface area contributed by atoms with Crippen LogP contribution in [-0.4, -0.2) is 21.4 Å². The zero-order chi connectivity index (χ0) is 22.3. The van der Waals surface area contributed by atoms with E-state index in [1.54, 1.807) is 61.7 Å². The quantitative estimate of drug-likeness (QED) is 0.479. The normalized spacial score (nSPS) is 11.5. The zero-order valence-electron chi connectivity index (χ0n) is 17.5. The van der Waals surface area contributed by atoms with E-state index in [1.807, 2.05) is 25.1 Å². The van der Waals surface area contributed by atoms with E-state index in [2.05, 4.69) is 10.2 Å². The molecule has 7 heteroatoms. The molecule has 6 nitrogen and oxygen atoms in total. The van der Waals surface area contributed by atoms with Crippen LogP contribution in [0.4, 0.5) is 0 Å². The van der Waals surface area contributed by atoms with Crippen LogP contribution in [0, 0.1) is 6.92 Å². The topological polar surface area (TPSA) is 85.2 Å². The van der Waals surface area contributed by atoms with Gasteiger partial charge in [0.25, 0.3) is 5.91 Å². The third-order valence-corrected chi connectivity index (χ3v) is 6.44. The number of hydrogen-bond acceptors (Lipinski definition) is 5. The molecular formula is C24H24N2O4S. The van der Waals surface area contributed by atoms with Crippen LogP contribution >= 0.6 is 0 Å². The van der Waals surface area contributed by atoms with Crippen LogP contribution in [0.25, 0.3) is 0 Å². The summed E-state index contributed by atoms with van der Waals surface area (Å²) in [6.07, 6.45) is 0.115. The number of nitrogens with zero attached hydrogens (tertiary/aromatic N) is 2. The molecule has 3 aromatic carbocycles. The van der Waals surface area contributed by atoms with Crippen LogP contribution < -0.4 is 4.74 Å². The largest absolute Gasteiger partial charge is 0.497 e. The number of ether oxygens (including phenoxy) is 1. The van der Waals surface area contributed by atoms with E-state index in [1.165, 1.54) is 0 Å². The van der Waals surface area contributed by atoms with Crippen molar-refractivity contribution in [3.63, 3.8) is 0 Å². The molecule has 0 saturated carbocycles. The maximum Gasteiger partial charge on any atom is 0.268 e. The SMILES string of the molecule is COc1cccc(CC(=O)N=NCc2ccccc2CS(=O)(=O)c2ccc(C)cc2)c1. The minimum absolute atomic E-state index is 0.115. The number of amides is 1. The number of azo groups is 1. The molecule has 0 fully saturated rings. The maximum atomic E-state index is 12.8. The smallest absolute Gasteiger partial charge is 0.268 e. The summed E-state index contributed by atoms with van der Waals surface area (Å²) in [6.45, 7) is 2.04. The van der Waals surface area contributed by atoms with Crippen molar-refractivity contribution in [2.24, 2.45) is 10.2 Å². The third-order valence-electron chi connectivity index (χ3n) is 4.76. The second kappa shape index (κ2) is 10.1. The van der Waals surface area contributed by atoms with Crippen LogP contribution in [0.3, 0.4) is 0 Å². The molecule has 1 amide bonds. The second-order valence-electron chi connectivity index (χ2n) is 7.16. The van der Waals surface area contributed by atoms with Gasteiger partial charge in [-0.2, -0.15) is 5.11 Å². The Balaban J connectivity index is 1.67. The van der Waals surface area contributed by atoms with E-state index >= 15 is 0 Å². The lowest BCUT2D eigenvalue weighted by Gasteiger charge is -2.09. The number of methoxy groups -OCH3 is 1. The summed E-state index contributed by atoms with van der Waals surface area (Å²) in [5, 5.41) is 7.78. The molecule has 0 spiro atoms. The van der Waals surface area contributed by atoms with Gasteiger partial charge in [-0.15, -0.1) is 5.11 Å². The molecule has 3 rings (SSSR count). The number of hydrogen-bond donors (Lipinski definition) is 0. The van der Waals surface area contributed by atoms with Crippen LogP contribution in [0.5, 0.6) is 5.75 Å². The highest BCUT2D eigenvalue weighted by Gasteiger charge is 2.17. The van der Waals surface area contributed by atoms with Gasteiger partial charge in [-0.1, -0.05) is 54.1 Å². The molecule has 0 aliphatic heterocycles. The van der Waals surface area contributed by atoms with Gasteiger partial charge in [-0.05, 0) is 47.9 Å². The molecule has 0 unspecified atom stereocenters. The predicted molar refractivity (Wildman–Crippen MR) is 119 cm³/mol. The molecule has 0 atom stereocenters. The Hall–Kier alpha value is -3.32. The van der Waals surface area contributed by atoms with Gasteiger partial charge in [0.15, 0.2) is 9.84 Å². The summed E-state index contributed by atoms with van der Waals surface area (Å²) in [4.78, 5) is 12.4. The molecule has 3 aromatic rings. The summed E-state index contributed by atoms with van der Waals surface area (Å²) < 4.78 is 30.7. The highest BCUT2D eigenvalue weighted by atomic mass is 32.2. The van der Waals surface area contributed by atoms with Gasteiger partial charge >= 0.3 is 0 Å². The Morgan fingerprint density at radius 3 is 2.35 bits per heavy atom. The van der Waals surface area contributed by atoms with Crippen LogP contribution in [0.1, 0.15) is 22.3 Å². The van der Waals surface area contributed by atoms with Gasteiger partial charge in [0, 0.05) is 0 Å². The fourth-order valence-corrected chi connectivity index (χ4v) is 4.48. The van der Waals surface area contributed by atoms with E-state index in [9.17, 15) is 13.2 Å². The standard InChI is InChI=1S/C24H24N2O4S/c1-18-10-12-23(13-11-18)31(28,29)17-21-8-4-3-7-20(21)16-25-26-24(27)15-19-6-5-9-22(14-19)30-2/h3-14H,15-17H2,1-2H3. The van der Waals surface area contributed by atoms with Crippen molar-refractivity contribution in [2.45, 2.75) is 30.5 Å². The highest BCUT2D eigenvalue weighted by molar-refractivity contribution is 7.90. The summed E-state index contributed by atoms with van der Waals surface area (Å²) in [5.41, 5.74) is 3.14. The lowest BCUT2D eigenvalue weighted by atomic mass is 10.1. The van der Waals surface area contributed by atoms with E-state index in [0.29, 0.717) is 11.3 Å². The molecule has 0 aliphatic carbocycles. The van der Waals surface area contributed by atoms with Gasteiger partial charge in [0.05, 0.1) is 30.7 Å². The second-order valence-corrected chi connectivity index (χ2v) is 9.15. The number of benzene rings is 3. The van der Waals surface area contributed by atoms with Gasteiger partial charge in [0.1, 0.15) is 5.75 Å². The Bertz CT molecular complexity index is 1190. The molecule has 31 heavy (non-hydrogen) atoms. The van der Waals surface area contributed by atoms with Crippen molar-refractivity contribution < 1.29 is 17.9 Å². The monoisotopic (exact) mass is 436 g/mol. The van der Waals surface area contributed by atoms with Gasteiger partial charge < -0.3 is 4.74 Å². The Kier molecular flexibility index (Phi) is 7.31. The molecular weight excluding hydrogens is 412 g/mol. The van der Waals surface area contributed by atoms with Crippen molar-refractivity contribution in [3.8, 4) is 5.75 Å². The van der Waals surface area contributed by atoms with E-state index in [-0.39, 0.29) is 29.5 Å². The van der Waals surface area contributed by atoms with Crippen molar-refractivity contribution in [1.29, 1.82) is 0 Å². The number of sulfone groups is 1. The van der Waals surface area contributed by atoms with Gasteiger partial charge in [0.2, 0.25) is 0 Å². The summed E-state index contributed by atoms with van der Waals surface area (Å²) in [7, 11) is -1.93. The van der Waals surface area contributed by atoms with Crippen molar-refractivity contribution in [2.75, 3.05) is 7.11 Å². The van der Waals surface area contributed by atoms with E-state index < -0.39 is 9.84 Å². The van der Waals surface area contributed by atoms with Crippen molar-refractivity contribution >= 4 is 15.7 Å². The van der Waals surface area contributed by atoms with Crippen LogP contribution in [-0.2, 0) is 33.4 Å². The first-order valence-electron chi connectivity index (χ1n) is 9.77. The Morgan fingerprint density at radius 2 is 1.65 bits per heavy atom. The lowest BCUT2D eigenvalue weighted by molar-refractivity contribution is -0.117. The van der Waals surface area contributed by atoms with Crippen molar-refractivity contribution in [3.05, 3.63) is 95.1 Å². The first kappa shape index (κ1) is 22.4. The average Bonchev–Trinajstić information content (AvgIpc) is 2.75. The molecule has 0 heterocycles. The summed E-state index contributed by atoms with van der Waals surface area (Å²) in [6, 6.07) is 21.1. The molecule has 160 valence electrons. The number of aryl methyl sites for hydroxylation is 1. The summed E-state index contributed by atoms with van der Waals surface area (Å²) in [5.74, 6) is 0.156. The molecule has 0 radical (unpaired) electrons. The maximum absolute atomic E-state index is 12.8. The van der Waals surface area contributed by atoms with Crippen LogP contribution in [0.2, 0.25) is 0 Å². The first-order chi connectivity index (χ1) is 14.9. The molecule has 0 bridgehead atoms. The number of carbonyl (C=O) groups excluding carboxylic acids is 1. The highest BCUT2D eigenvalue weighted by Crippen LogP contribution is 2.20. The first-order valence-corrected chi connectivity index (χ1v) is 11.4. The molecule has 0 aliphatic rings. The van der Waals surface area contributed by atoms with Crippen molar-refractivity contribution in [1.82, 2.24) is 0 Å². The van der Waals surface area contributed by atoms with E-state index in [0.717, 1.165) is 16.7 Å². The Labute approximate surface area is 182 Å². The number of rotatable bonds is 8.